The van der Waals surface area contributed by atoms with Gasteiger partial charge in [0.05, 0.1) is 11.9 Å². The average Bonchev–Trinajstić information content (AvgIpc) is 2.36. The van der Waals surface area contributed by atoms with Gasteiger partial charge in [-0.3, -0.25) is 0 Å². The number of nitrogens with one attached hydrogen (secondary N) is 1. The van der Waals surface area contributed by atoms with Crippen LogP contribution in [0.5, 0.6) is 0 Å². The van der Waals surface area contributed by atoms with Gasteiger partial charge in [0.1, 0.15) is 5.82 Å². The van der Waals surface area contributed by atoms with Crippen LogP contribution in [0.25, 0.3) is 0 Å². The number of rotatable bonds is 6. The van der Waals surface area contributed by atoms with Crippen LogP contribution in [-0.2, 0) is 0 Å². The van der Waals surface area contributed by atoms with Crippen molar-refractivity contribution in [3.05, 3.63) is 17.7 Å². The van der Waals surface area contributed by atoms with Crippen molar-refractivity contribution < 1.29 is 9.90 Å². The first kappa shape index (κ1) is 15.7. The summed E-state index contributed by atoms with van der Waals surface area (Å²) in [5.74, 6) is -0.352. The average molecular weight is 292 g/mol. The summed E-state index contributed by atoms with van der Waals surface area (Å²) in [6.45, 7) is 4.61. The summed E-state index contributed by atoms with van der Waals surface area (Å²) in [4.78, 5) is 22.0. The zero-order valence-corrected chi connectivity index (χ0v) is 13.2. The SMILES string of the molecule is CC(C)c1ncc(NCC2(N(C)C)CCC2)c(C(=O)O)n1. The lowest BCUT2D eigenvalue weighted by molar-refractivity contribution is 0.0686. The standard InChI is InChI=1S/C15H24N4O2/c1-10(2)13-16-8-11(12(18-13)14(20)21)17-9-15(19(3)4)6-5-7-15/h8,10,17H,5-7,9H2,1-4H3,(H,20,21). The van der Waals surface area contributed by atoms with Crippen LogP contribution < -0.4 is 5.32 Å². The molecule has 0 bridgehead atoms. The summed E-state index contributed by atoms with van der Waals surface area (Å²) in [6.07, 6.45) is 5.06. The van der Waals surface area contributed by atoms with Crippen LogP contribution in [0.4, 0.5) is 5.69 Å². The number of carboxylic acids is 1. The number of carboxylic acid groups (broad SMARTS) is 1. The molecule has 1 fully saturated rings. The van der Waals surface area contributed by atoms with Crippen molar-refractivity contribution in [1.82, 2.24) is 14.9 Å². The Labute approximate surface area is 125 Å². The normalized spacial score (nSPS) is 16.9. The van der Waals surface area contributed by atoms with E-state index in [2.05, 4.69) is 34.3 Å². The fraction of sp³-hybridized carbons (Fsp3) is 0.667. The minimum absolute atomic E-state index is 0.0573. The second kappa shape index (κ2) is 5.97. The first-order chi connectivity index (χ1) is 9.85. The molecule has 1 aliphatic carbocycles. The number of likely N-dealkylation sites (N-methyl/N-ethyl adjacent to an activating group) is 1. The Bertz CT molecular complexity index is 524. The van der Waals surface area contributed by atoms with E-state index in [9.17, 15) is 9.90 Å². The largest absolute Gasteiger partial charge is 0.476 e. The lowest BCUT2D eigenvalue weighted by atomic mass is 9.75. The second-order valence-corrected chi connectivity index (χ2v) is 6.28. The molecule has 0 radical (unpaired) electrons. The van der Waals surface area contributed by atoms with Crippen LogP contribution >= 0.6 is 0 Å². The van der Waals surface area contributed by atoms with Gasteiger partial charge in [0.2, 0.25) is 0 Å². The highest BCUT2D eigenvalue weighted by molar-refractivity contribution is 5.91. The number of nitrogens with zero attached hydrogens (tertiary/aromatic N) is 3. The topological polar surface area (TPSA) is 78.4 Å². The van der Waals surface area contributed by atoms with Crippen LogP contribution in [0, 0.1) is 0 Å². The van der Waals surface area contributed by atoms with E-state index in [1.807, 2.05) is 13.8 Å². The van der Waals surface area contributed by atoms with Crippen LogP contribution in [-0.4, -0.2) is 52.1 Å². The van der Waals surface area contributed by atoms with Crippen molar-refractivity contribution in [2.24, 2.45) is 0 Å². The van der Waals surface area contributed by atoms with E-state index in [-0.39, 0.29) is 17.2 Å². The highest BCUT2D eigenvalue weighted by Crippen LogP contribution is 2.36. The zero-order valence-electron chi connectivity index (χ0n) is 13.2. The number of anilines is 1. The predicted octanol–water partition coefficient (Wildman–Crippen LogP) is 2.19. The summed E-state index contributed by atoms with van der Waals surface area (Å²) in [6, 6.07) is 0. The molecule has 1 aromatic rings. The Morgan fingerprint density at radius 2 is 2.14 bits per heavy atom. The Hall–Kier alpha value is -1.69. The maximum absolute atomic E-state index is 11.4. The van der Waals surface area contributed by atoms with E-state index in [0.717, 1.165) is 12.8 Å². The third kappa shape index (κ3) is 3.15. The third-order valence-electron chi connectivity index (χ3n) is 4.37. The van der Waals surface area contributed by atoms with E-state index in [4.69, 9.17) is 0 Å². The molecule has 0 aliphatic heterocycles. The zero-order chi connectivity index (χ0) is 15.6. The Morgan fingerprint density at radius 3 is 2.57 bits per heavy atom. The third-order valence-corrected chi connectivity index (χ3v) is 4.37. The Balaban J connectivity index is 2.18. The first-order valence-corrected chi connectivity index (χ1v) is 7.37. The van der Waals surface area contributed by atoms with Gasteiger partial charge in [-0.25, -0.2) is 14.8 Å². The summed E-state index contributed by atoms with van der Waals surface area (Å²) < 4.78 is 0. The van der Waals surface area contributed by atoms with Crippen molar-refractivity contribution in [3.8, 4) is 0 Å². The lowest BCUT2D eigenvalue weighted by Gasteiger charge is -2.47. The Morgan fingerprint density at radius 1 is 1.48 bits per heavy atom. The van der Waals surface area contributed by atoms with Gasteiger partial charge in [-0.2, -0.15) is 0 Å². The maximum atomic E-state index is 11.4. The second-order valence-electron chi connectivity index (χ2n) is 6.28. The minimum atomic E-state index is -1.02. The van der Waals surface area contributed by atoms with Gasteiger partial charge < -0.3 is 15.3 Å². The molecule has 6 heteroatoms. The molecule has 6 nitrogen and oxygen atoms in total. The van der Waals surface area contributed by atoms with Crippen LogP contribution in [0.3, 0.4) is 0 Å². The number of aromatic nitrogens is 2. The Kier molecular flexibility index (Phi) is 4.46. The van der Waals surface area contributed by atoms with Gasteiger partial charge in [-0.05, 0) is 33.4 Å². The van der Waals surface area contributed by atoms with Crippen molar-refractivity contribution in [2.45, 2.75) is 44.6 Å². The van der Waals surface area contributed by atoms with E-state index in [1.54, 1.807) is 6.20 Å². The molecule has 21 heavy (non-hydrogen) atoms. The lowest BCUT2D eigenvalue weighted by Crippen LogP contribution is -2.54. The van der Waals surface area contributed by atoms with E-state index in [1.165, 1.54) is 6.42 Å². The number of hydrogen-bond acceptors (Lipinski definition) is 5. The highest BCUT2D eigenvalue weighted by Gasteiger charge is 2.39. The number of carbonyl (C=O) groups is 1. The highest BCUT2D eigenvalue weighted by atomic mass is 16.4. The molecule has 0 unspecified atom stereocenters. The molecule has 0 spiro atoms. The van der Waals surface area contributed by atoms with Gasteiger partial charge >= 0.3 is 5.97 Å². The van der Waals surface area contributed by atoms with Crippen molar-refractivity contribution in [2.75, 3.05) is 26.0 Å². The molecule has 116 valence electrons. The van der Waals surface area contributed by atoms with Crippen molar-refractivity contribution >= 4 is 11.7 Å². The summed E-state index contributed by atoms with van der Waals surface area (Å²) in [5, 5.41) is 12.6. The fourth-order valence-corrected chi connectivity index (χ4v) is 2.59. The summed E-state index contributed by atoms with van der Waals surface area (Å²) in [7, 11) is 4.13. The first-order valence-electron chi connectivity index (χ1n) is 7.37. The molecule has 1 aliphatic rings. The van der Waals surface area contributed by atoms with Gasteiger partial charge in [0.25, 0.3) is 0 Å². The molecule has 2 rings (SSSR count). The van der Waals surface area contributed by atoms with E-state index in [0.29, 0.717) is 18.1 Å². The minimum Gasteiger partial charge on any atom is -0.476 e. The molecule has 0 amide bonds. The van der Waals surface area contributed by atoms with Crippen molar-refractivity contribution in [3.63, 3.8) is 0 Å². The molecular weight excluding hydrogens is 268 g/mol. The van der Waals surface area contributed by atoms with Crippen LogP contribution in [0.2, 0.25) is 0 Å². The quantitative estimate of drug-likeness (QED) is 0.837. The molecule has 1 heterocycles. The monoisotopic (exact) mass is 292 g/mol. The molecule has 0 aromatic carbocycles. The molecular formula is C15H24N4O2. The van der Waals surface area contributed by atoms with Crippen LogP contribution in [0.15, 0.2) is 6.20 Å². The summed E-state index contributed by atoms with van der Waals surface area (Å²) in [5.41, 5.74) is 0.675. The maximum Gasteiger partial charge on any atom is 0.356 e. The molecule has 1 aromatic heterocycles. The molecule has 0 saturated heterocycles. The molecule has 0 atom stereocenters. The predicted molar refractivity (Wildman–Crippen MR) is 81.8 cm³/mol. The molecule has 2 N–H and O–H groups in total. The smallest absolute Gasteiger partial charge is 0.356 e. The van der Waals surface area contributed by atoms with E-state index < -0.39 is 5.97 Å². The van der Waals surface area contributed by atoms with Gasteiger partial charge in [-0.15, -0.1) is 0 Å². The fourth-order valence-electron chi connectivity index (χ4n) is 2.59. The summed E-state index contributed by atoms with van der Waals surface area (Å²) >= 11 is 0. The van der Waals surface area contributed by atoms with Crippen molar-refractivity contribution in [1.29, 1.82) is 0 Å². The van der Waals surface area contributed by atoms with Crippen LogP contribution in [0.1, 0.15) is 55.3 Å². The van der Waals surface area contributed by atoms with Gasteiger partial charge in [-0.1, -0.05) is 13.8 Å². The molecule has 1 saturated carbocycles. The van der Waals surface area contributed by atoms with E-state index >= 15 is 0 Å². The van der Waals surface area contributed by atoms with Gasteiger partial charge in [0, 0.05) is 18.0 Å². The number of hydrogen-bond donors (Lipinski definition) is 2. The van der Waals surface area contributed by atoms with Gasteiger partial charge in [0.15, 0.2) is 5.69 Å². The number of aromatic carboxylic acids is 1.